The van der Waals surface area contributed by atoms with Crippen molar-refractivity contribution in [2.24, 2.45) is 16.7 Å². The van der Waals surface area contributed by atoms with Gasteiger partial charge < -0.3 is 30.0 Å². The molecule has 0 aromatic heterocycles. The summed E-state index contributed by atoms with van der Waals surface area (Å²) >= 11 is 0. The normalized spacial score (nSPS) is 15.5. The first-order valence-corrected chi connectivity index (χ1v) is 11.6. The van der Waals surface area contributed by atoms with Gasteiger partial charge in [0.25, 0.3) is 0 Å². The topological polar surface area (TPSA) is 140 Å². The van der Waals surface area contributed by atoms with Crippen LogP contribution >= 0.6 is 0 Å². The smallest absolute Gasteiger partial charge is 0.311 e. The number of likely N-dealkylation sites (N-methyl/N-ethyl adjacent to an activating group) is 1. The molecule has 3 unspecified atom stereocenters. The Kier molecular flexibility index (Phi) is 12.7. The molecule has 0 bridgehead atoms. The van der Waals surface area contributed by atoms with E-state index in [0.29, 0.717) is 6.42 Å². The standard InChI is InChI=1S/C24H44N2O8/c1-10-24(7,21(31)34-15-16(2)27)14-17(18(28)26-23(5,6)19(29)25-8)13-22(3,4)20(30)33-12-11-32-9/h16-17,27H,10-15H2,1-9H3,(H,25,29)(H,26,28). The lowest BCUT2D eigenvalue weighted by molar-refractivity contribution is -0.160. The maximum Gasteiger partial charge on any atom is 0.311 e. The van der Waals surface area contributed by atoms with Crippen LogP contribution in [0.1, 0.15) is 67.7 Å². The maximum atomic E-state index is 13.4. The molecule has 0 saturated carbocycles. The molecule has 0 spiro atoms. The number of nitrogens with one attached hydrogen (secondary N) is 2. The minimum Gasteiger partial charge on any atom is -0.463 e. The second kappa shape index (κ2) is 13.6. The lowest BCUT2D eigenvalue weighted by Gasteiger charge is -2.35. The van der Waals surface area contributed by atoms with Crippen molar-refractivity contribution in [3.05, 3.63) is 0 Å². The molecule has 10 heteroatoms. The fourth-order valence-electron chi connectivity index (χ4n) is 3.44. The Labute approximate surface area is 203 Å². The van der Waals surface area contributed by atoms with Crippen molar-refractivity contribution in [2.75, 3.05) is 34.0 Å². The molecule has 0 saturated heterocycles. The van der Waals surface area contributed by atoms with Gasteiger partial charge in [-0.25, -0.2) is 0 Å². The van der Waals surface area contributed by atoms with Crippen molar-refractivity contribution < 1.29 is 38.5 Å². The molecular weight excluding hydrogens is 444 g/mol. The van der Waals surface area contributed by atoms with Crippen LogP contribution in [-0.2, 0) is 33.4 Å². The number of aliphatic hydroxyl groups excluding tert-OH is 1. The number of hydrogen-bond acceptors (Lipinski definition) is 8. The highest BCUT2D eigenvalue weighted by atomic mass is 16.6. The van der Waals surface area contributed by atoms with Gasteiger partial charge in [-0.2, -0.15) is 0 Å². The second-order valence-electron chi connectivity index (χ2n) is 10.2. The summed E-state index contributed by atoms with van der Waals surface area (Å²) in [5.41, 5.74) is -3.31. The molecule has 0 aromatic rings. The van der Waals surface area contributed by atoms with Crippen LogP contribution in [0.5, 0.6) is 0 Å². The van der Waals surface area contributed by atoms with Crippen LogP contribution < -0.4 is 10.6 Å². The molecule has 2 amide bonds. The lowest BCUT2D eigenvalue weighted by Crippen LogP contribution is -2.56. The van der Waals surface area contributed by atoms with E-state index in [1.54, 1.807) is 41.5 Å². The van der Waals surface area contributed by atoms with Crippen molar-refractivity contribution in [1.29, 1.82) is 0 Å². The van der Waals surface area contributed by atoms with Crippen LogP contribution in [0.2, 0.25) is 0 Å². The average Bonchev–Trinajstić information content (AvgIpc) is 2.75. The lowest BCUT2D eigenvalue weighted by atomic mass is 9.72. The van der Waals surface area contributed by atoms with Crippen molar-refractivity contribution in [2.45, 2.75) is 79.4 Å². The summed E-state index contributed by atoms with van der Waals surface area (Å²) in [5.74, 6) is -2.69. The summed E-state index contributed by atoms with van der Waals surface area (Å²) in [4.78, 5) is 51.1. The largest absolute Gasteiger partial charge is 0.463 e. The number of carbonyl (C=O) groups excluding carboxylic acids is 4. The van der Waals surface area contributed by atoms with Crippen molar-refractivity contribution in [1.82, 2.24) is 10.6 Å². The molecule has 0 heterocycles. The first kappa shape index (κ1) is 31.8. The van der Waals surface area contributed by atoms with E-state index in [4.69, 9.17) is 14.2 Å². The molecular formula is C24H44N2O8. The number of amides is 2. The summed E-state index contributed by atoms with van der Waals surface area (Å²) in [7, 11) is 2.97. The van der Waals surface area contributed by atoms with Crippen LogP contribution in [0.3, 0.4) is 0 Å². The Bertz CT molecular complexity index is 705. The van der Waals surface area contributed by atoms with Gasteiger partial charge >= 0.3 is 11.9 Å². The first-order chi connectivity index (χ1) is 15.6. The van der Waals surface area contributed by atoms with Crippen LogP contribution in [0, 0.1) is 16.7 Å². The average molecular weight is 489 g/mol. The zero-order chi connectivity index (χ0) is 26.7. The van der Waals surface area contributed by atoms with E-state index in [1.807, 2.05) is 0 Å². The minimum absolute atomic E-state index is 0.0760. The summed E-state index contributed by atoms with van der Waals surface area (Å²) < 4.78 is 15.4. The molecule has 34 heavy (non-hydrogen) atoms. The predicted molar refractivity (Wildman–Crippen MR) is 127 cm³/mol. The molecule has 198 valence electrons. The molecule has 3 atom stereocenters. The molecule has 0 rings (SSSR count). The quantitative estimate of drug-likeness (QED) is 0.233. The van der Waals surface area contributed by atoms with E-state index < -0.39 is 46.2 Å². The van der Waals surface area contributed by atoms with Gasteiger partial charge in [-0.1, -0.05) is 6.92 Å². The number of esters is 2. The van der Waals surface area contributed by atoms with Gasteiger partial charge in [-0.15, -0.1) is 0 Å². The number of hydrogen-bond donors (Lipinski definition) is 3. The van der Waals surface area contributed by atoms with Gasteiger partial charge in [0.05, 0.1) is 23.5 Å². The number of aliphatic hydroxyl groups is 1. The summed E-state index contributed by atoms with van der Waals surface area (Å²) in [6.07, 6.45) is -0.300. The Hall–Kier alpha value is -2.20. The molecule has 0 aliphatic rings. The number of carbonyl (C=O) groups is 4. The Balaban J connectivity index is 5.91. The zero-order valence-corrected chi connectivity index (χ0v) is 22.2. The van der Waals surface area contributed by atoms with Gasteiger partial charge in [0.1, 0.15) is 18.8 Å². The van der Waals surface area contributed by atoms with E-state index in [1.165, 1.54) is 21.1 Å². The number of ether oxygens (including phenoxy) is 3. The third kappa shape index (κ3) is 9.97. The highest BCUT2D eigenvalue weighted by Crippen LogP contribution is 2.38. The molecule has 0 aliphatic carbocycles. The predicted octanol–water partition coefficient (Wildman–Crippen LogP) is 1.58. The fraction of sp³-hybridized carbons (Fsp3) is 0.833. The van der Waals surface area contributed by atoms with E-state index in [9.17, 15) is 24.3 Å². The van der Waals surface area contributed by atoms with Gasteiger partial charge in [-0.3, -0.25) is 19.2 Å². The monoisotopic (exact) mass is 488 g/mol. The molecule has 0 aromatic carbocycles. The highest BCUT2D eigenvalue weighted by molar-refractivity contribution is 5.91. The third-order valence-corrected chi connectivity index (χ3v) is 5.86. The number of methoxy groups -OCH3 is 1. The third-order valence-electron chi connectivity index (χ3n) is 5.86. The van der Waals surface area contributed by atoms with Gasteiger partial charge in [-0.05, 0) is 60.8 Å². The van der Waals surface area contributed by atoms with Gasteiger partial charge in [0.2, 0.25) is 11.8 Å². The van der Waals surface area contributed by atoms with Gasteiger partial charge in [0, 0.05) is 20.1 Å². The molecule has 0 radical (unpaired) electrons. The van der Waals surface area contributed by atoms with E-state index >= 15 is 0 Å². The SMILES string of the molecule is CCC(C)(CC(CC(C)(C)C(=O)OCCOC)C(=O)NC(C)(C)C(=O)NC)C(=O)OCC(C)O. The van der Waals surface area contributed by atoms with E-state index in [2.05, 4.69) is 10.6 Å². The van der Waals surface area contributed by atoms with Crippen LogP contribution in [0.4, 0.5) is 0 Å². The van der Waals surface area contributed by atoms with Crippen LogP contribution in [-0.4, -0.2) is 74.5 Å². The van der Waals surface area contributed by atoms with Crippen molar-refractivity contribution in [3.8, 4) is 0 Å². The fourth-order valence-corrected chi connectivity index (χ4v) is 3.44. The Morgan fingerprint density at radius 1 is 0.941 bits per heavy atom. The number of rotatable bonds is 15. The Morgan fingerprint density at radius 2 is 1.53 bits per heavy atom. The highest BCUT2D eigenvalue weighted by Gasteiger charge is 2.43. The minimum atomic E-state index is -1.21. The summed E-state index contributed by atoms with van der Waals surface area (Å²) in [6, 6.07) is 0. The van der Waals surface area contributed by atoms with Crippen molar-refractivity contribution >= 4 is 23.8 Å². The first-order valence-electron chi connectivity index (χ1n) is 11.6. The molecule has 0 aliphatic heterocycles. The molecule has 10 nitrogen and oxygen atoms in total. The molecule has 3 N–H and O–H groups in total. The van der Waals surface area contributed by atoms with E-state index in [0.717, 1.165) is 0 Å². The van der Waals surface area contributed by atoms with Crippen LogP contribution in [0.25, 0.3) is 0 Å². The second-order valence-corrected chi connectivity index (χ2v) is 10.2. The van der Waals surface area contributed by atoms with E-state index in [-0.39, 0.29) is 38.6 Å². The zero-order valence-electron chi connectivity index (χ0n) is 22.2. The Morgan fingerprint density at radius 3 is 2.00 bits per heavy atom. The van der Waals surface area contributed by atoms with Gasteiger partial charge in [0.15, 0.2) is 0 Å². The molecule has 0 fully saturated rings. The van der Waals surface area contributed by atoms with Crippen LogP contribution in [0.15, 0.2) is 0 Å². The summed E-state index contributed by atoms with van der Waals surface area (Å²) in [6.45, 7) is 11.6. The maximum absolute atomic E-state index is 13.4. The van der Waals surface area contributed by atoms with Crippen molar-refractivity contribution in [3.63, 3.8) is 0 Å². The summed E-state index contributed by atoms with van der Waals surface area (Å²) in [5, 5.41) is 14.7.